The van der Waals surface area contributed by atoms with E-state index in [1.165, 1.54) is 0 Å². The van der Waals surface area contributed by atoms with Crippen molar-refractivity contribution in [3.8, 4) is 17.6 Å². The summed E-state index contributed by atoms with van der Waals surface area (Å²) < 4.78 is 10.6. The molecule has 2 rings (SSSR count). The number of hydrogen-bond donors (Lipinski definition) is 1. The molecule has 2 aromatic rings. The Labute approximate surface area is 141 Å². The van der Waals surface area contributed by atoms with Crippen LogP contribution in [0.25, 0.3) is 0 Å². The number of carbonyl (C=O) groups is 1. The maximum Gasteiger partial charge on any atom is 0.223 e. The van der Waals surface area contributed by atoms with Crippen molar-refractivity contribution in [2.45, 2.75) is 19.4 Å². The smallest absolute Gasteiger partial charge is 0.223 e. The predicted octanol–water partition coefficient (Wildman–Crippen LogP) is 3.21. The van der Waals surface area contributed by atoms with Gasteiger partial charge in [-0.3, -0.25) is 4.79 Å². The van der Waals surface area contributed by atoms with E-state index >= 15 is 0 Å². The number of carbonyl (C=O) groups excluding carboxylic acids is 1. The van der Waals surface area contributed by atoms with E-state index in [-0.39, 0.29) is 18.4 Å². The van der Waals surface area contributed by atoms with E-state index in [0.717, 1.165) is 11.3 Å². The second-order valence-corrected chi connectivity index (χ2v) is 5.30. The van der Waals surface area contributed by atoms with E-state index < -0.39 is 0 Å². The van der Waals surface area contributed by atoms with E-state index in [0.29, 0.717) is 17.9 Å². The minimum absolute atomic E-state index is 0.0830. The lowest BCUT2D eigenvalue weighted by atomic mass is 10.1. The van der Waals surface area contributed by atoms with E-state index in [1.807, 2.05) is 31.2 Å². The molecule has 0 aliphatic rings. The first-order valence-electron chi connectivity index (χ1n) is 7.68. The molecule has 0 saturated carbocycles. The molecule has 24 heavy (non-hydrogen) atoms. The number of nitrogens with one attached hydrogen (secondary N) is 1. The second kappa shape index (κ2) is 8.59. The molecule has 0 aliphatic carbocycles. The molecule has 1 N–H and O–H groups in total. The van der Waals surface area contributed by atoms with Gasteiger partial charge in [0.25, 0.3) is 0 Å². The first-order valence-corrected chi connectivity index (χ1v) is 7.68. The normalized spacial score (nSPS) is 11.2. The highest BCUT2D eigenvalue weighted by molar-refractivity contribution is 5.76. The molecule has 5 heteroatoms. The molecule has 0 fully saturated rings. The quantitative estimate of drug-likeness (QED) is 0.849. The fourth-order valence-electron chi connectivity index (χ4n) is 2.18. The van der Waals surface area contributed by atoms with Crippen LogP contribution in [0.1, 0.15) is 30.5 Å². The Balaban J connectivity index is 1.76. The van der Waals surface area contributed by atoms with Crippen LogP contribution in [-0.2, 0) is 4.79 Å². The van der Waals surface area contributed by atoms with Crippen LogP contribution in [0.15, 0.2) is 48.5 Å². The third-order valence-corrected chi connectivity index (χ3v) is 3.57. The molecule has 0 bridgehead atoms. The lowest BCUT2D eigenvalue weighted by molar-refractivity contribution is -0.122. The summed E-state index contributed by atoms with van der Waals surface area (Å²) in [5.41, 5.74) is 1.56. The number of amides is 1. The molecule has 0 aromatic heterocycles. The van der Waals surface area contributed by atoms with Crippen molar-refractivity contribution < 1.29 is 14.3 Å². The van der Waals surface area contributed by atoms with E-state index in [1.54, 1.807) is 31.4 Å². The molecule has 1 amide bonds. The van der Waals surface area contributed by atoms with Crippen LogP contribution in [0.4, 0.5) is 0 Å². The Kier molecular flexibility index (Phi) is 6.21. The number of rotatable bonds is 7. The molecule has 2 aromatic carbocycles. The summed E-state index contributed by atoms with van der Waals surface area (Å²) in [5, 5.41) is 11.7. The van der Waals surface area contributed by atoms with Crippen molar-refractivity contribution in [3.63, 3.8) is 0 Å². The number of hydrogen-bond acceptors (Lipinski definition) is 4. The van der Waals surface area contributed by atoms with Crippen LogP contribution in [0, 0.1) is 11.3 Å². The molecule has 0 heterocycles. The maximum absolute atomic E-state index is 12.0. The predicted molar refractivity (Wildman–Crippen MR) is 90.8 cm³/mol. The lowest BCUT2D eigenvalue weighted by Gasteiger charge is -2.14. The second-order valence-electron chi connectivity index (χ2n) is 5.30. The summed E-state index contributed by atoms with van der Waals surface area (Å²) in [6.45, 7) is 2.21. The van der Waals surface area contributed by atoms with Crippen molar-refractivity contribution in [1.82, 2.24) is 5.32 Å². The first-order chi connectivity index (χ1) is 11.6. The molecule has 0 saturated heterocycles. The highest BCUT2D eigenvalue weighted by Crippen LogP contribution is 2.17. The van der Waals surface area contributed by atoms with Gasteiger partial charge in [0.05, 0.1) is 37.8 Å². The number of nitriles is 1. The third kappa shape index (κ3) is 5.03. The Hall–Kier alpha value is -3.00. The zero-order chi connectivity index (χ0) is 17.4. The van der Waals surface area contributed by atoms with Crippen LogP contribution in [0.3, 0.4) is 0 Å². The van der Waals surface area contributed by atoms with Crippen LogP contribution in [-0.4, -0.2) is 19.6 Å². The van der Waals surface area contributed by atoms with Gasteiger partial charge in [-0.05, 0) is 48.9 Å². The van der Waals surface area contributed by atoms with Gasteiger partial charge in [-0.15, -0.1) is 0 Å². The van der Waals surface area contributed by atoms with Crippen LogP contribution in [0.2, 0.25) is 0 Å². The van der Waals surface area contributed by atoms with E-state index in [4.69, 9.17) is 14.7 Å². The lowest BCUT2D eigenvalue weighted by Crippen LogP contribution is -2.27. The van der Waals surface area contributed by atoms with Gasteiger partial charge in [-0.2, -0.15) is 5.26 Å². The average molecular weight is 324 g/mol. The molecular formula is C19H20N2O3. The largest absolute Gasteiger partial charge is 0.497 e. The number of ether oxygens (including phenoxy) is 2. The molecule has 1 atom stereocenters. The molecule has 5 nitrogen and oxygen atoms in total. The van der Waals surface area contributed by atoms with Crippen LogP contribution in [0.5, 0.6) is 11.5 Å². The Bertz CT molecular complexity index is 703. The molecular weight excluding hydrogens is 304 g/mol. The Morgan fingerprint density at radius 3 is 2.33 bits per heavy atom. The molecule has 0 aliphatic heterocycles. The summed E-state index contributed by atoms with van der Waals surface area (Å²) in [6, 6.07) is 16.3. The number of benzene rings is 2. The zero-order valence-corrected chi connectivity index (χ0v) is 13.8. The van der Waals surface area contributed by atoms with Crippen molar-refractivity contribution in [3.05, 3.63) is 59.7 Å². The van der Waals surface area contributed by atoms with Gasteiger partial charge >= 0.3 is 0 Å². The van der Waals surface area contributed by atoms with Crippen LogP contribution >= 0.6 is 0 Å². The fourth-order valence-corrected chi connectivity index (χ4v) is 2.18. The van der Waals surface area contributed by atoms with Crippen molar-refractivity contribution >= 4 is 5.91 Å². The van der Waals surface area contributed by atoms with Gasteiger partial charge in [0.15, 0.2) is 0 Å². The van der Waals surface area contributed by atoms with Gasteiger partial charge < -0.3 is 14.8 Å². The van der Waals surface area contributed by atoms with E-state index in [9.17, 15) is 4.79 Å². The summed E-state index contributed by atoms with van der Waals surface area (Å²) in [4.78, 5) is 12.0. The SMILES string of the molecule is COc1ccc(OCCC(=O)NC(C)c2ccc(C#N)cc2)cc1. The summed E-state index contributed by atoms with van der Waals surface area (Å²) in [6.07, 6.45) is 0.270. The third-order valence-electron chi connectivity index (χ3n) is 3.57. The first kappa shape index (κ1) is 17.4. The van der Waals surface area contributed by atoms with Gasteiger partial charge in [-0.1, -0.05) is 12.1 Å². The summed E-state index contributed by atoms with van der Waals surface area (Å²) in [7, 11) is 1.61. The monoisotopic (exact) mass is 324 g/mol. The van der Waals surface area contributed by atoms with Crippen molar-refractivity contribution in [2.75, 3.05) is 13.7 Å². The number of nitrogens with zero attached hydrogens (tertiary/aromatic N) is 1. The van der Waals surface area contributed by atoms with E-state index in [2.05, 4.69) is 11.4 Å². The fraction of sp³-hybridized carbons (Fsp3) is 0.263. The average Bonchev–Trinajstić information content (AvgIpc) is 2.62. The highest BCUT2D eigenvalue weighted by Gasteiger charge is 2.09. The maximum atomic E-state index is 12.0. The van der Waals surface area contributed by atoms with Gasteiger partial charge in [0.1, 0.15) is 11.5 Å². The zero-order valence-electron chi connectivity index (χ0n) is 13.8. The van der Waals surface area contributed by atoms with Gasteiger partial charge in [-0.25, -0.2) is 0 Å². The Morgan fingerprint density at radius 2 is 1.75 bits per heavy atom. The number of methoxy groups -OCH3 is 1. The standard InChI is InChI=1S/C19H20N2O3/c1-14(16-5-3-15(13-20)4-6-16)21-19(22)11-12-24-18-9-7-17(23-2)8-10-18/h3-10,14H,11-12H2,1-2H3,(H,21,22). The minimum atomic E-state index is -0.119. The highest BCUT2D eigenvalue weighted by atomic mass is 16.5. The van der Waals surface area contributed by atoms with Gasteiger partial charge in [0.2, 0.25) is 5.91 Å². The summed E-state index contributed by atoms with van der Waals surface area (Å²) in [5.74, 6) is 1.38. The molecule has 0 spiro atoms. The Morgan fingerprint density at radius 1 is 1.12 bits per heavy atom. The topological polar surface area (TPSA) is 71.3 Å². The van der Waals surface area contributed by atoms with Crippen molar-refractivity contribution in [1.29, 1.82) is 5.26 Å². The molecule has 0 radical (unpaired) electrons. The molecule has 1 unspecified atom stereocenters. The minimum Gasteiger partial charge on any atom is -0.497 e. The van der Waals surface area contributed by atoms with Crippen LogP contribution < -0.4 is 14.8 Å². The molecule has 124 valence electrons. The summed E-state index contributed by atoms with van der Waals surface area (Å²) >= 11 is 0. The van der Waals surface area contributed by atoms with Crippen molar-refractivity contribution in [2.24, 2.45) is 0 Å². The van der Waals surface area contributed by atoms with Gasteiger partial charge in [0, 0.05) is 0 Å².